The van der Waals surface area contributed by atoms with Crippen LogP contribution < -0.4 is 0 Å². The second kappa shape index (κ2) is 5.63. The van der Waals surface area contributed by atoms with Gasteiger partial charge in [-0.25, -0.2) is 4.98 Å². The molecular formula is C17H20N2O. The Hall–Kier alpha value is -1.87. The van der Waals surface area contributed by atoms with E-state index >= 15 is 0 Å². The summed E-state index contributed by atoms with van der Waals surface area (Å²) in [6.45, 7) is 5.84. The molecule has 0 bridgehead atoms. The fraction of sp³-hybridized carbons (Fsp3) is 0.353. The average molecular weight is 268 g/mol. The highest BCUT2D eigenvalue weighted by Crippen LogP contribution is 2.25. The summed E-state index contributed by atoms with van der Waals surface area (Å²) in [6, 6.07) is 4.39. The van der Waals surface area contributed by atoms with E-state index in [9.17, 15) is 0 Å². The van der Waals surface area contributed by atoms with Gasteiger partial charge in [0.25, 0.3) is 0 Å². The van der Waals surface area contributed by atoms with Crippen LogP contribution in [-0.4, -0.2) is 23.2 Å². The molecule has 1 N–H and O–H groups in total. The van der Waals surface area contributed by atoms with Gasteiger partial charge >= 0.3 is 0 Å². The molecule has 0 aromatic carbocycles. The largest absolute Gasteiger partial charge is 0.377 e. The predicted octanol–water partition coefficient (Wildman–Crippen LogP) is 4.18. The first-order valence-electron chi connectivity index (χ1n) is 7.19. The lowest BCUT2D eigenvalue weighted by Gasteiger charge is -2.11. The van der Waals surface area contributed by atoms with Crippen LogP contribution in [0.5, 0.6) is 0 Å². The van der Waals surface area contributed by atoms with E-state index in [1.807, 2.05) is 6.20 Å². The summed E-state index contributed by atoms with van der Waals surface area (Å²) < 4.78 is 5.36. The number of hydrogen-bond acceptors (Lipinski definition) is 2. The molecule has 3 nitrogen and oxygen atoms in total. The minimum absolute atomic E-state index is 0.710. The monoisotopic (exact) mass is 268 g/mol. The smallest absolute Gasteiger partial charge is 0.137 e. The number of aromatic nitrogens is 2. The number of rotatable bonds is 3. The topological polar surface area (TPSA) is 37.9 Å². The average Bonchev–Trinajstić information content (AvgIpc) is 2.91. The summed E-state index contributed by atoms with van der Waals surface area (Å²) in [4.78, 5) is 7.93. The second-order valence-electron chi connectivity index (χ2n) is 5.29. The van der Waals surface area contributed by atoms with Gasteiger partial charge < -0.3 is 9.72 Å². The summed E-state index contributed by atoms with van der Waals surface area (Å²) in [5.74, 6) is 0. The molecule has 3 rings (SSSR count). The van der Waals surface area contributed by atoms with Crippen LogP contribution in [0.4, 0.5) is 0 Å². The molecule has 3 heterocycles. The molecular weight excluding hydrogens is 248 g/mol. The van der Waals surface area contributed by atoms with Gasteiger partial charge in [-0.05, 0) is 43.0 Å². The number of hydrogen-bond donors (Lipinski definition) is 1. The number of fused-ring (bicyclic) bond motifs is 1. The molecule has 3 heteroatoms. The Morgan fingerprint density at radius 3 is 3.10 bits per heavy atom. The van der Waals surface area contributed by atoms with Crippen LogP contribution in [0.1, 0.15) is 37.9 Å². The third-order valence-electron chi connectivity index (χ3n) is 3.77. The van der Waals surface area contributed by atoms with Gasteiger partial charge in [-0.3, -0.25) is 0 Å². The zero-order chi connectivity index (χ0) is 13.9. The Labute approximate surface area is 119 Å². The van der Waals surface area contributed by atoms with E-state index in [4.69, 9.17) is 4.74 Å². The van der Waals surface area contributed by atoms with Gasteiger partial charge in [-0.2, -0.15) is 0 Å². The maximum Gasteiger partial charge on any atom is 0.137 e. The van der Waals surface area contributed by atoms with Crippen molar-refractivity contribution in [2.24, 2.45) is 0 Å². The van der Waals surface area contributed by atoms with Crippen LogP contribution in [0.25, 0.3) is 22.7 Å². The SMILES string of the molecule is CC/C(C)=C/c1cnc2[nH]c(C3=CCOCC3)cc2c1. The molecule has 0 saturated carbocycles. The van der Waals surface area contributed by atoms with Gasteiger partial charge in [0, 0.05) is 17.3 Å². The van der Waals surface area contributed by atoms with Crippen molar-refractivity contribution in [2.45, 2.75) is 26.7 Å². The van der Waals surface area contributed by atoms with E-state index < -0.39 is 0 Å². The minimum atomic E-state index is 0.710. The van der Waals surface area contributed by atoms with Crippen LogP contribution in [0.2, 0.25) is 0 Å². The normalized spacial score (nSPS) is 16.5. The van der Waals surface area contributed by atoms with Crippen LogP contribution in [0.15, 0.2) is 30.0 Å². The van der Waals surface area contributed by atoms with Gasteiger partial charge in [-0.15, -0.1) is 0 Å². The van der Waals surface area contributed by atoms with Crippen LogP contribution >= 0.6 is 0 Å². The van der Waals surface area contributed by atoms with Crippen molar-refractivity contribution in [1.82, 2.24) is 9.97 Å². The number of H-pyrrole nitrogens is 1. The maximum absolute atomic E-state index is 5.36. The minimum Gasteiger partial charge on any atom is -0.377 e. The molecule has 1 aliphatic rings. The molecule has 2 aromatic heterocycles. The summed E-state index contributed by atoms with van der Waals surface area (Å²) >= 11 is 0. The number of aromatic amines is 1. The Morgan fingerprint density at radius 1 is 1.45 bits per heavy atom. The second-order valence-corrected chi connectivity index (χ2v) is 5.29. The quantitative estimate of drug-likeness (QED) is 0.906. The Morgan fingerprint density at radius 2 is 2.35 bits per heavy atom. The number of nitrogens with zero attached hydrogens (tertiary/aromatic N) is 1. The van der Waals surface area contributed by atoms with Crippen molar-refractivity contribution in [1.29, 1.82) is 0 Å². The van der Waals surface area contributed by atoms with Crippen molar-refractivity contribution >= 4 is 22.7 Å². The van der Waals surface area contributed by atoms with Gasteiger partial charge in [0.15, 0.2) is 0 Å². The van der Waals surface area contributed by atoms with Crippen molar-refractivity contribution < 1.29 is 4.74 Å². The predicted molar refractivity (Wildman–Crippen MR) is 83.4 cm³/mol. The van der Waals surface area contributed by atoms with Gasteiger partial charge in [-0.1, -0.05) is 24.6 Å². The Kier molecular flexibility index (Phi) is 3.70. The summed E-state index contributed by atoms with van der Waals surface area (Å²) in [7, 11) is 0. The van der Waals surface area contributed by atoms with Crippen LogP contribution in [-0.2, 0) is 4.74 Å². The zero-order valence-corrected chi connectivity index (χ0v) is 12.1. The number of ether oxygens (including phenoxy) is 1. The molecule has 0 radical (unpaired) electrons. The van der Waals surface area contributed by atoms with Crippen molar-refractivity contribution in [2.75, 3.05) is 13.2 Å². The third kappa shape index (κ3) is 2.68. The number of pyridine rings is 1. The summed E-state index contributed by atoms with van der Waals surface area (Å²) in [5.41, 5.74) is 6.00. The Bertz CT molecular complexity index is 679. The zero-order valence-electron chi connectivity index (χ0n) is 12.1. The fourth-order valence-electron chi connectivity index (χ4n) is 2.44. The van der Waals surface area contributed by atoms with Crippen molar-refractivity contribution in [3.63, 3.8) is 0 Å². The highest BCUT2D eigenvalue weighted by molar-refractivity contribution is 5.83. The lowest BCUT2D eigenvalue weighted by Crippen LogP contribution is -2.03. The molecule has 0 amide bonds. The number of nitrogens with one attached hydrogen (secondary N) is 1. The number of allylic oxidation sites excluding steroid dienone is 1. The lowest BCUT2D eigenvalue weighted by atomic mass is 10.1. The molecule has 0 spiro atoms. The first-order valence-corrected chi connectivity index (χ1v) is 7.19. The van der Waals surface area contributed by atoms with Gasteiger partial charge in [0.1, 0.15) is 5.65 Å². The van der Waals surface area contributed by atoms with Crippen molar-refractivity contribution in [3.05, 3.63) is 41.2 Å². The molecule has 0 atom stereocenters. The molecule has 1 aliphatic heterocycles. The highest BCUT2D eigenvalue weighted by atomic mass is 16.5. The molecule has 104 valence electrons. The maximum atomic E-state index is 5.36. The van der Waals surface area contributed by atoms with E-state index in [-0.39, 0.29) is 0 Å². The van der Waals surface area contributed by atoms with Crippen LogP contribution in [0.3, 0.4) is 0 Å². The van der Waals surface area contributed by atoms with E-state index in [0.29, 0.717) is 6.61 Å². The molecule has 2 aromatic rings. The first-order chi connectivity index (χ1) is 9.76. The summed E-state index contributed by atoms with van der Waals surface area (Å²) in [6.07, 6.45) is 8.32. The Balaban J connectivity index is 1.97. The standard InChI is InChI=1S/C17H20N2O/c1-3-12(2)8-13-9-15-10-16(19-17(15)18-11-13)14-4-6-20-7-5-14/h4,8-11H,3,5-7H2,1-2H3,(H,18,19)/b12-8+. The third-order valence-corrected chi connectivity index (χ3v) is 3.77. The molecule has 20 heavy (non-hydrogen) atoms. The first kappa shape index (κ1) is 13.1. The van der Waals surface area contributed by atoms with Crippen LogP contribution in [0, 0.1) is 0 Å². The molecule has 0 aliphatic carbocycles. The molecule has 0 saturated heterocycles. The molecule has 0 unspecified atom stereocenters. The van der Waals surface area contributed by atoms with Crippen molar-refractivity contribution in [3.8, 4) is 0 Å². The van der Waals surface area contributed by atoms with E-state index in [1.54, 1.807) is 0 Å². The van der Waals surface area contributed by atoms with Gasteiger partial charge in [0.05, 0.1) is 13.2 Å². The highest BCUT2D eigenvalue weighted by Gasteiger charge is 2.10. The van der Waals surface area contributed by atoms with E-state index in [0.717, 1.165) is 25.1 Å². The van der Waals surface area contributed by atoms with E-state index in [1.165, 1.54) is 27.8 Å². The summed E-state index contributed by atoms with van der Waals surface area (Å²) in [5, 5.41) is 1.17. The molecule has 0 fully saturated rings. The lowest BCUT2D eigenvalue weighted by molar-refractivity contribution is 0.161. The van der Waals surface area contributed by atoms with E-state index in [2.05, 4.69) is 48.1 Å². The van der Waals surface area contributed by atoms with Gasteiger partial charge in [0.2, 0.25) is 0 Å². The fourth-order valence-corrected chi connectivity index (χ4v) is 2.44.